The number of nitrogens with one attached hydrogen (secondary N) is 2. The maximum absolute atomic E-state index is 12.0. The van der Waals surface area contributed by atoms with E-state index in [0.29, 0.717) is 18.4 Å². The van der Waals surface area contributed by atoms with Crippen LogP contribution >= 0.6 is 15.9 Å². The lowest BCUT2D eigenvalue weighted by atomic mass is 9.95. The summed E-state index contributed by atoms with van der Waals surface area (Å²) in [6.45, 7) is 4.16. The maximum atomic E-state index is 12.0. The van der Waals surface area contributed by atoms with Gasteiger partial charge in [-0.3, -0.25) is 4.79 Å². The molecule has 4 heteroatoms. The van der Waals surface area contributed by atoms with Crippen molar-refractivity contribution in [1.82, 2.24) is 10.6 Å². The first-order valence-electron chi connectivity index (χ1n) is 6.39. The van der Waals surface area contributed by atoms with Gasteiger partial charge in [0.05, 0.1) is 6.42 Å². The third-order valence-corrected chi connectivity index (χ3v) is 3.94. The molecule has 1 fully saturated rings. The van der Waals surface area contributed by atoms with Crippen molar-refractivity contribution in [2.75, 3.05) is 13.1 Å². The van der Waals surface area contributed by atoms with Crippen molar-refractivity contribution in [3.63, 3.8) is 0 Å². The van der Waals surface area contributed by atoms with Crippen LogP contribution in [0.4, 0.5) is 0 Å². The van der Waals surface area contributed by atoms with Gasteiger partial charge in [-0.05, 0) is 43.1 Å². The molecule has 3 nitrogen and oxygen atoms in total. The summed E-state index contributed by atoms with van der Waals surface area (Å²) in [5.74, 6) is 0.628. The van der Waals surface area contributed by atoms with Crippen molar-refractivity contribution in [2.24, 2.45) is 5.92 Å². The smallest absolute Gasteiger partial charge is 0.224 e. The summed E-state index contributed by atoms with van der Waals surface area (Å²) >= 11 is 3.39. The Kier molecular flexibility index (Phi) is 4.78. The molecular formula is C14H19BrN2O. The average Bonchev–Trinajstić information content (AvgIpc) is 2.35. The molecule has 1 aromatic carbocycles. The average molecular weight is 311 g/mol. The molecule has 98 valence electrons. The summed E-state index contributed by atoms with van der Waals surface area (Å²) in [4.78, 5) is 12.0. The molecule has 0 bridgehead atoms. The van der Waals surface area contributed by atoms with Gasteiger partial charge < -0.3 is 10.6 Å². The zero-order chi connectivity index (χ0) is 13.0. The minimum Gasteiger partial charge on any atom is -0.353 e. The Morgan fingerprint density at radius 3 is 2.83 bits per heavy atom. The van der Waals surface area contributed by atoms with Crippen LogP contribution in [0.15, 0.2) is 28.7 Å². The summed E-state index contributed by atoms with van der Waals surface area (Å²) in [7, 11) is 0. The Labute approximate surface area is 116 Å². The predicted octanol–water partition coefficient (Wildman–Crippen LogP) is 2.11. The third-order valence-electron chi connectivity index (χ3n) is 3.41. The molecule has 2 N–H and O–H groups in total. The van der Waals surface area contributed by atoms with Gasteiger partial charge in [0.2, 0.25) is 5.91 Å². The van der Waals surface area contributed by atoms with Crippen molar-refractivity contribution in [3.8, 4) is 0 Å². The van der Waals surface area contributed by atoms with E-state index in [4.69, 9.17) is 0 Å². The van der Waals surface area contributed by atoms with Crippen molar-refractivity contribution in [1.29, 1.82) is 0 Å². The Balaban J connectivity index is 1.86. The maximum Gasteiger partial charge on any atom is 0.224 e. The second-order valence-electron chi connectivity index (χ2n) is 4.95. The fraction of sp³-hybridized carbons (Fsp3) is 0.500. The monoisotopic (exact) mass is 310 g/mol. The van der Waals surface area contributed by atoms with Crippen molar-refractivity contribution >= 4 is 21.8 Å². The van der Waals surface area contributed by atoms with Crippen LogP contribution in [-0.2, 0) is 11.2 Å². The molecular weight excluding hydrogens is 292 g/mol. The summed E-state index contributed by atoms with van der Waals surface area (Å²) in [5.41, 5.74) is 1.05. The molecule has 2 atom stereocenters. The first-order chi connectivity index (χ1) is 8.65. The van der Waals surface area contributed by atoms with Crippen LogP contribution in [-0.4, -0.2) is 25.0 Å². The van der Waals surface area contributed by atoms with Crippen LogP contribution in [0, 0.1) is 5.92 Å². The SMILES string of the molecule is CC1CNCCC1NC(=O)Cc1ccc(Br)cc1. The number of piperidine rings is 1. The van der Waals surface area contributed by atoms with E-state index in [-0.39, 0.29) is 5.91 Å². The quantitative estimate of drug-likeness (QED) is 0.898. The minimum absolute atomic E-state index is 0.121. The summed E-state index contributed by atoms with van der Waals surface area (Å²) in [6.07, 6.45) is 1.48. The fourth-order valence-electron chi connectivity index (χ4n) is 2.27. The molecule has 0 aromatic heterocycles. The molecule has 0 aliphatic carbocycles. The topological polar surface area (TPSA) is 41.1 Å². The van der Waals surface area contributed by atoms with Gasteiger partial charge in [0.15, 0.2) is 0 Å². The van der Waals surface area contributed by atoms with E-state index >= 15 is 0 Å². The zero-order valence-corrected chi connectivity index (χ0v) is 12.2. The molecule has 2 rings (SSSR count). The lowest BCUT2D eigenvalue weighted by molar-refractivity contribution is -0.121. The Morgan fingerprint density at radius 1 is 1.44 bits per heavy atom. The molecule has 1 aliphatic rings. The van der Waals surface area contributed by atoms with Crippen LogP contribution in [0.2, 0.25) is 0 Å². The van der Waals surface area contributed by atoms with Crippen LogP contribution in [0.5, 0.6) is 0 Å². The van der Waals surface area contributed by atoms with Gasteiger partial charge in [0.1, 0.15) is 0 Å². The molecule has 1 heterocycles. The number of amides is 1. The number of carbonyl (C=O) groups excluding carboxylic acids is 1. The second kappa shape index (κ2) is 6.34. The highest BCUT2D eigenvalue weighted by molar-refractivity contribution is 9.10. The highest BCUT2D eigenvalue weighted by Crippen LogP contribution is 2.13. The van der Waals surface area contributed by atoms with E-state index in [0.717, 1.165) is 29.5 Å². The molecule has 2 unspecified atom stereocenters. The first kappa shape index (κ1) is 13.6. The molecule has 0 spiro atoms. The highest BCUT2D eigenvalue weighted by Gasteiger charge is 2.22. The fourth-order valence-corrected chi connectivity index (χ4v) is 2.54. The van der Waals surface area contributed by atoms with Gasteiger partial charge in [-0.1, -0.05) is 35.0 Å². The van der Waals surface area contributed by atoms with Gasteiger partial charge in [-0.15, -0.1) is 0 Å². The van der Waals surface area contributed by atoms with Gasteiger partial charge >= 0.3 is 0 Å². The van der Waals surface area contributed by atoms with Gasteiger partial charge in [0.25, 0.3) is 0 Å². The predicted molar refractivity (Wildman–Crippen MR) is 76.4 cm³/mol. The van der Waals surface area contributed by atoms with Gasteiger partial charge in [0, 0.05) is 10.5 Å². The largest absolute Gasteiger partial charge is 0.353 e. The van der Waals surface area contributed by atoms with E-state index < -0.39 is 0 Å². The van der Waals surface area contributed by atoms with Crippen LogP contribution in [0.25, 0.3) is 0 Å². The Bertz CT molecular complexity index is 405. The first-order valence-corrected chi connectivity index (χ1v) is 7.19. The highest BCUT2D eigenvalue weighted by atomic mass is 79.9. The number of benzene rings is 1. The van der Waals surface area contributed by atoms with E-state index in [2.05, 4.69) is 33.5 Å². The van der Waals surface area contributed by atoms with E-state index in [1.807, 2.05) is 24.3 Å². The summed E-state index contributed by atoms with van der Waals surface area (Å²) < 4.78 is 1.04. The number of halogens is 1. The molecule has 1 aromatic rings. The van der Waals surface area contributed by atoms with E-state index in [1.165, 1.54) is 0 Å². The number of hydrogen-bond acceptors (Lipinski definition) is 2. The van der Waals surface area contributed by atoms with Crippen molar-refractivity contribution in [2.45, 2.75) is 25.8 Å². The lowest BCUT2D eigenvalue weighted by Crippen LogP contribution is -2.48. The third kappa shape index (κ3) is 3.82. The number of hydrogen-bond donors (Lipinski definition) is 2. The standard InChI is InChI=1S/C14H19BrN2O/c1-10-9-16-7-6-13(10)17-14(18)8-11-2-4-12(15)5-3-11/h2-5,10,13,16H,6-9H2,1H3,(H,17,18). The zero-order valence-electron chi connectivity index (χ0n) is 10.6. The normalized spacial score (nSPS) is 23.7. The van der Waals surface area contributed by atoms with Gasteiger partial charge in [-0.2, -0.15) is 0 Å². The molecule has 0 saturated carbocycles. The second-order valence-corrected chi connectivity index (χ2v) is 5.86. The van der Waals surface area contributed by atoms with Crippen LogP contribution in [0.3, 0.4) is 0 Å². The molecule has 1 saturated heterocycles. The van der Waals surface area contributed by atoms with E-state index in [9.17, 15) is 4.79 Å². The Hall–Kier alpha value is -0.870. The number of carbonyl (C=O) groups is 1. The van der Waals surface area contributed by atoms with Crippen molar-refractivity contribution < 1.29 is 4.79 Å². The van der Waals surface area contributed by atoms with Crippen LogP contribution < -0.4 is 10.6 Å². The Morgan fingerprint density at radius 2 is 2.17 bits per heavy atom. The number of rotatable bonds is 3. The van der Waals surface area contributed by atoms with E-state index in [1.54, 1.807) is 0 Å². The molecule has 1 aliphatic heterocycles. The molecule has 18 heavy (non-hydrogen) atoms. The minimum atomic E-state index is 0.121. The summed E-state index contributed by atoms with van der Waals surface area (Å²) in [5, 5.41) is 6.48. The molecule has 1 amide bonds. The summed E-state index contributed by atoms with van der Waals surface area (Å²) in [6, 6.07) is 8.21. The molecule has 0 radical (unpaired) electrons. The van der Waals surface area contributed by atoms with Crippen molar-refractivity contribution in [3.05, 3.63) is 34.3 Å². The lowest BCUT2D eigenvalue weighted by Gasteiger charge is -2.30. The van der Waals surface area contributed by atoms with Crippen LogP contribution in [0.1, 0.15) is 18.9 Å². The van der Waals surface area contributed by atoms with Gasteiger partial charge in [-0.25, -0.2) is 0 Å².